The van der Waals surface area contributed by atoms with Crippen molar-refractivity contribution in [3.05, 3.63) is 46.0 Å². The van der Waals surface area contributed by atoms with Gasteiger partial charge in [-0.15, -0.1) is 0 Å². The molecule has 0 radical (unpaired) electrons. The molecule has 1 aromatic heterocycles. The zero-order valence-electron chi connectivity index (χ0n) is 8.45. The van der Waals surface area contributed by atoms with E-state index in [1.165, 1.54) is 25.4 Å². The number of alkyl halides is 1. The van der Waals surface area contributed by atoms with E-state index in [9.17, 15) is 0 Å². The Balaban J connectivity index is 2.59. The summed E-state index contributed by atoms with van der Waals surface area (Å²) in [5, 5.41) is 2.71. The number of halogens is 2. The first-order chi connectivity index (χ1) is 7.81. The number of fused-ring (bicyclic) bond motifs is 3. The molecular formula is C13H9I2N. The van der Waals surface area contributed by atoms with Gasteiger partial charge in [0.15, 0.2) is 0 Å². The Hall–Kier alpha value is -0.300. The Morgan fingerprint density at radius 1 is 0.938 bits per heavy atom. The number of benzene rings is 2. The van der Waals surface area contributed by atoms with Crippen LogP contribution < -0.4 is 0 Å². The molecule has 3 rings (SSSR count). The van der Waals surface area contributed by atoms with Crippen molar-refractivity contribution in [2.45, 2.75) is 4.55 Å². The van der Waals surface area contributed by atoms with Crippen LogP contribution in [0.3, 0.4) is 0 Å². The summed E-state index contributed by atoms with van der Waals surface area (Å²) < 4.78 is 4.64. The average molecular weight is 433 g/mol. The molecule has 80 valence electrons. The highest BCUT2D eigenvalue weighted by atomic mass is 127. The Labute approximate surface area is 121 Å². The van der Waals surface area contributed by atoms with Crippen molar-refractivity contribution in [2.24, 2.45) is 0 Å². The van der Waals surface area contributed by atoms with Crippen molar-refractivity contribution in [1.82, 2.24) is 4.57 Å². The largest absolute Gasteiger partial charge is 0.331 e. The first-order valence-corrected chi connectivity index (χ1v) is 7.64. The molecule has 16 heavy (non-hydrogen) atoms. The van der Waals surface area contributed by atoms with E-state index in [0.29, 0.717) is 0 Å². The van der Waals surface area contributed by atoms with Crippen molar-refractivity contribution >= 4 is 67.0 Å². The third-order valence-electron chi connectivity index (χ3n) is 2.85. The van der Waals surface area contributed by atoms with Gasteiger partial charge in [0, 0.05) is 25.4 Å². The highest BCUT2D eigenvalue weighted by molar-refractivity contribution is 14.1. The molecule has 0 aliphatic heterocycles. The van der Waals surface area contributed by atoms with Gasteiger partial charge in [0.1, 0.15) is 0 Å². The van der Waals surface area contributed by atoms with Gasteiger partial charge < -0.3 is 4.57 Å². The minimum Gasteiger partial charge on any atom is -0.331 e. The fraction of sp³-hybridized carbons (Fsp3) is 0.0769. The summed E-state index contributed by atoms with van der Waals surface area (Å²) in [6.07, 6.45) is 0. The van der Waals surface area contributed by atoms with Crippen LogP contribution in [0.25, 0.3) is 21.8 Å². The number of rotatable bonds is 1. The minimum absolute atomic E-state index is 0.988. The van der Waals surface area contributed by atoms with Crippen LogP contribution in [0.15, 0.2) is 42.5 Å². The summed E-state index contributed by atoms with van der Waals surface area (Å²) in [7, 11) is 0. The van der Waals surface area contributed by atoms with Crippen molar-refractivity contribution in [1.29, 1.82) is 0 Å². The normalized spacial score (nSPS) is 11.4. The monoisotopic (exact) mass is 433 g/mol. The Morgan fingerprint density at radius 2 is 1.69 bits per heavy atom. The molecule has 0 aliphatic rings. The van der Waals surface area contributed by atoms with Crippen LogP contribution in [0.1, 0.15) is 0 Å². The molecule has 0 fully saturated rings. The Morgan fingerprint density at radius 3 is 2.50 bits per heavy atom. The van der Waals surface area contributed by atoms with Crippen LogP contribution in [-0.2, 0) is 4.55 Å². The lowest BCUT2D eigenvalue weighted by Gasteiger charge is -2.01. The van der Waals surface area contributed by atoms with E-state index in [2.05, 4.69) is 92.2 Å². The topological polar surface area (TPSA) is 4.93 Å². The number of nitrogens with zero attached hydrogens (tertiary/aromatic N) is 1. The molecule has 3 aromatic rings. The minimum atomic E-state index is 0.988. The second-order valence-corrected chi connectivity index (χ2v) is 5.65. The molecule has 0 atom stereocenters. The van der Waals surface area contributed by atoms with Gasteiger partial charge in [-0.05, 0) is 46.9 Å². The van der Waals surface area contributed by atoms with Gasteiger partial charge in [-0.1, -0.05) is 40.8 Å². The van der Waals surface area contributed by atoms with E-state index in [1.54, 1.807) is 0 Å². The van der Waals surface area contributed by atoms with Crippen LogP contribution >= 0.6 is 45.2 Å². The molecule has 0 amide bonds. The van der Waals surface area contributed by atoms with Crippen molar-refractivity contribution in [2.75, 3.05) is 0 Å². The van der Waals surface area contributed by atoms with E-state index in [1.807, 2.05) is 0 Å². The molecule has 0 bridgehead atoms. The molecule has 0 saturated carbocycles. The van der Waals surface area contributed by atoms with E-state index in [-0.39, 0.29) is 0 Å². The lowest BCUT2D eigenvalue weighted by molar-refractivity contribution is 1.01. The summed E-state index contributed by atoms with van der Waals surface area (Å²) in [4.78, 5) is 0. The molecule has 0 saturated heterocycles. The van der Waals surface area contributed by atoms with Crippen LogP contribution in [0.5, 0.6) is 0 Å². The summed E-state index contributed by atoms with van der Waals surface area (Å²) in [5.74, 6) is 0. The molecule has 0 N–H and O–H groups in total. The molecule has 1 nitrogen and oxygen atoms in total. The highest BCUT2D eigenvalue weighted by Gasteiger charge is 2.08. The van der Waals surface area contributed by atoms with Gasteiger partial charge in [-0.2, -0.15) is 0 Å². The average Bonchev–Trinajstić information content (AvgIpc) is 2.62. The predicted molar refractivity (Wildman–Crippen MR) is 86.2 cm³/mol. The second kappa shape index (κ2) is 4.18. The highest BCUT2D eigenvalue weighted by Crippen LogP contribution is 2.30. The Kier molecular flexibility index (Phi) is 2.83. The number of para-hydroxylation sites is 1. The number of aromatic nitrogens is 1. The van der Waals surface area contributed by atoms with E-state index < -0.39 is 0 Å². The van der Waals surface area contributed by atoms with Crippen LogP contribution in [-0.4, -0.2) is 4.57 Å². The standard InChI is InChI=1S/C13H9I2N/c14-8-16-12-4-2-1-3-10(12)11-7-9(15)5-6-13(11)16/h1-7H,8H2. The van der Waals surface area contributed by atoms with Crippen LogP contribution in [0.2, 0.25) is 0 Å². The fourth-order valence-electron chi connectivity index (χ4n) is 2.15. The Bertz CT molecular complexity index is 670. The summed E-state index contributed by atoms with van der Waals surface area (Å²) in [5.41, 5.74) is 2.66. The maximum atomic E-state index is 2.42. The second-order valence-electron chi connectivity index (χ2n) is 3.73. The smallest absolute Gasteiger partial charge is 0.0748 e. The van der Waals surface area contributed by atoms with Crippen molar-refractivity contribution in [3.63, 3.8) is 0 Å². The zero-order valence-corrected chi connectivity index (χ0v) is 12.8. The molecule has 0 unspecified atom stereocenters. The van der Waals surface area contributed by atoms with Gasteiger partial charge in [0.2, 0.25) is 0 Å². The van der Waals surface area contributed by atoms with Gasteiger partial charge in [0.25, 0.3) is 0 Å². The molecule has 0 spiro atoms. The quantitative estimate of drug-likeness (QED) is 0.385. The predicted octanol–water partition coefficient (Wildman–Crippen LogP) is 4.79. The van der Waals surface area contributed by atoms with E-state index in [4.69, 9.17) is 0 Å². The number of hydrogen-bond acceptors (Lipinski definition) is 0. The molecule has 3 heteroatoms. The maximum absolute atomic E-state index is 2.42. The fourth-order valence-corrected chi connectivity index (χ4v) is 3.38. The summed E-state index contributed by atoms with van der Waals surface area (Å²) >= 11 is 4.79. The van der Waals surface area contributed by atoms with Gasteiger partial charge >= 0.3 is 0 Å². The first-order valence-electron chi connectivity index (χ1n) is 5.04. The third-order valence-corrected chi connectivity index (χ3v) is 4.21. The number of hydrogen-bond donors (Lipinski definition) is 0. The SMILES string of the molecule is ICn1c2ccccc2c2cc(I)ccc21. The van der Waals surface area contributed by atoms with Gasteiger partial charge in [-0.25, -0.2) is 0 Å². The third kappa shape index (κ3) is 1.55. The van der Waals surface area contributed by atoms with Crippen LogP contribution in [0, 0.1) is 3.57 Å². The molecule has 0 aliphatic carbocycles. The van der Waals surface area contributed by atoms with E-state index >= 15 is 0 Å². The molecule has 1 heterocycles. The van der Waals surface area contributed by atoms with Crippen molar-refractivity contribution in [3.8, 4) is 0 Å². The van der Waals surface area contributed by atoms with Gasteiger partial charge in [0.05, 0.1) is 4.55 Å². The van der Waals surface area contributed by atoms with Crippen molar-refractivity contribution < 1.29 is 0 Å². The molecule has 2 aromatic carbocycles. The lowest BCUT2D eigenvalue weighted by atomic mass is 10.2. The lowest BCUT2D eigenvalue weighted by Crippen LogP contribution is -1.89. The zero-order chi connectivity index (χ0) is 11.1. The summed E-state index contributed by atoms with van der Waals surface area (Å²) in [6, 6.07) is 15.3. The molecular weight excluding hydrogens is 424 g/mol. The first kappa shape index (κ1) is 10.8. The van der Waals surface area contributed by atoms with Gasteiger partial charge in [-0.3, -0.25) is 0 Å². The summed E-state index contributed by atoms with van der Waals surface area (Å²) in [6.45, 7) is 0. The van der Waals surface area contributed by atoms with Crippen LogP contribution in [0.4, 0.5) is 0 Å². The van der Waals surface area contributed by atoms with E-state index in [0.717, 1.165) is 4.55 Å². The maximum Gasteiger partial charge on any atom is 0.0748 e.